The molecule has 48 heavy (non-hydrogen) atoms. The molecule has 8 aromatic rings. The fourth-order valence-corrected chi connectivity index (χ4v) is 6.91. The summed E-state index contributed by atoms with van der Waals surface area (Å²) in [6.07, 6.45) is 1.50. The molecule has 0 aliphatic rings. The predicted octanol–water partition coefficient (Wildman–Crippen LogP) is 9.52. The van der Waals surface area contributed by atoms with E-state index in [9.17, 15) is 5.26 Å². The van der Waals surface area contributed by atoms with E-state index in [1.807, 2.05) is 67.9 Å². The Bertz CT molecular complexity index is 2480. The fourth-order valence-electron chi connectivity index (χ4n) is 6.91. The van der Waals surface area contributed by atoms with Crippen LogP contribution in [0.2, 0.25) is 0 Å². The molecule has 2 unspecified atom stereocenters. The molecule has 0 bridgehead atoms. The number of benzene rings is 6. The van der Waals surface area contributed by atoms with E-state index < -0.39 is 0 Å². The Morgan fingerprint density at radius 1 is 0.708 bits per heavy atom. The molecule has 6 nitrogen and oxygen atoms in total. The van der Waals surface area contributed by atoms with Crippen LogP contribution in [0.4, 0.5) is 0 Å². The number of nitrogens with zero attached hydrogens (tertiary/aromatic N) is 4. The number of nitriles is 1. The number of aliphatic imine (C=N–C) groups is 1. The first-order chi connectivity index (χ1) is 23.6. The summed E-state index contributed by atoms with van der Waals surface area (Å²) in [7, 11) is 4.01. The maximum absolute atomic E-state index is 9.63. The third-order valence-electron chi connectivity index (χ3n) is 9.18. The van der Waals surface area contributed by atoms with Gasteiger partial charge in [0.1, 0.15) is 17.3 Å². The Balaban J connectivity index is 1.18. The van der Waals surface area contributed by atoms with Crippen LogP contribution in [-0.2, 0) is 0 Å². The van der Waals surface area contributed by atoms with Crippen molar-refractivity contribution in [2.24, 2.45) is 4.99 Å². The van der Waals surface area contributed by atoms with Crippen molar-refractivity contribution >= 4 is 50.0 Å². The zero-order chi connectivity index (χ0) is 32.6. The van der Waals surface area contributed by atoms with Crippen LogP contribution in [0.25, 0.3) is 49.4 Å². The van der Waals surface area contributed by atoms with E-state index in [2.05, 4.69) is 113 Å². The van der Waals surface area contributed by atoms with Crippen molar-refractivity contribution in [1.29, 1.82) is 5.26 Å². The second-order valence-electron chi connectivity index (χ2n) is 12.1. The second kappa shape index (κ2) is 12.3. The molecular formula is C42H33N5O. The average molecular weight is 624 g/mol. The number of nitrogens with one attached hydrogen (secondary N) is 1. The van der Waals surface area contributed by atoms with Crippen LogP contribution in [0.15, 0.2) is 149 Å². The van der Waals surface area contributed by atoms with E-state index in [0.29, 0.717) is 5.56 Å². The molecule has 1 N–H and O–H groups in total. The van der Waals surface area contributed by atoms with Gasteiger partial charge in [0.15, 0.2) is 0 Å². The van der Waals surface area contributed by atoms with Crippen LogP contribution in [-0.4, -0.2) is 29.8 Å². The van der Waals surface area contributed by atoms with Gasteiger partial charge in [-0.05, 0) is 79.3 Å². The molecule has 0 amide bonds. The number of hydrogen-bond acceptors (Lipinski definition) is 5. The van der Waals surface area contributed by atoms with Crippen LogP contribution >= 0.6 is 0 Å². The van der Waals surface area contributed by atoms with Gasteiger partial charge in [-0.3, -0.25) is 9.89 Å². The number of furan rings is 1. The fraction of sp³-hybridized carbons (Fsp3) is 0.0952. The van der Waals surface area contributed by atoms with Crippen molar-refractivity contribution in [2.45, 2.75) is 12.3 Å². The lowest BCUT2D eigenvalue weighted by atomic mass is 10.1. The molecule has 0 radical (unpaired) electrons. The third kappa shape index (κ3) is 5.12. The maximum atomic E-state index is 9.63. The van der Waals surface area contributed by atoms with Gasteiger partial charge in [0.05, 0.1) is 28.8 Å². The molecule has 8 rings (SSSR count). The minimum atomic E-state index is -0.333. The summed E-state index contributed by atoms with van der Waals surface area (Å²) in [5, 5.41) is 17.6. The van der Waals surface area contributed by atoms with Gasteiger partial charge in [-0.2, -0.15) is 5.26 Å². The van der Waals surface area contributed by atoms with E-state index in [1.54, 1.807) is 0 Å². The zero-order valence-corrected chi connectivity index (χ0v) is 26.7. The molecule has 0 saturated heterocycles. The van der Waals surface area contributed by atoms with Gasteiger partial charge >= 0.3 is 0 Å². The second-order valence-corrected chi connectivity index (χ2v) is 12.1. The number of rotatable bonds is 8. The van der Waals surface area contributed by atoms with Crippen LogP contribution in [0.5, 0.6) is 0 Å². The van der Waals surface area contributed by atoms with Crippen molar-refractivity contribution in [3.05, 3.63) is 162 Å². The first-order valence-electron chi connectivity index (χ1n) is 16.1. The SMILES string of the molecule is CNC(c1ccccc1)N(C)C(N=Cc1ccc(-n2c3ccccc3c3cc4oc5ccccc5c4cc32)cc1)c1cccc(C#N)c1. The van der Waals surface area contributed by atoms with Crippen LogP contribution < -0.4 is 5.32 Å². The van der Waals surface area contributed by atoms with E-state index >= 15 is 0 Å². The van der Waals surface area contributed by atoms with Crippen LogP contribution in [0.1, 0.15) is 34.6 Å². The summed E-state index contributed by atoms with van der Waals surface area (Å²) in [5.74, 6) is 0. The zero-order valence-electron chi connectivity index (χ0n) is 26.7. The van der Waals surface area contributed by atoms with Gasteiger partial charge in [-0.1, -0.05) is 91.0 Å². The lowest BCUT2D eigenvalue weighted by molar-refractivity contribution is 0.157. The summed E-state index contributed by atoms with van der Waals surface area (Å²) in [5.41, 5.74) is 8.81. The van der Waals surface area contributed by atoms with Crippen LogP contribution in [0, 0.1) is 11.3 Å². The van der Waals surface area contributed by atoms with E-state index in [-0.39, 0.29) is 12.3 Å². The minimum absolute atomic E-state index is 0.0874. The summed E-state index contributed by atoms with van der Waals surface area (Å²) in [6.45, 7) is 0. The molecule has 2 heterocycles. The molecule has 0 saturated carbocycles. The number of fused-ring (bicyclic) bond motifs is 6. The van der Waals surface area contributed by atoms with Crippen molar-refractivity contribution in [3.63, 3.8) is 0 Å². The molecule has 0 aliphatic carbocycles. The van der Waals surface area contributed by atoms with Gasteiger partial charge in [-0.25, -0.2) is 0 Å². The van der Waals surface area contributed by atoms with Gasteiger partial charge in [0.25, 0.3) is 0 Å². The number of aromatic nitrogens is 1. The summed E-state index contributed by atoms with van der Waals surface area (Å²) in [4.78, 5) is 7.31. The lowest BCUT2D eigenvalue weighted by Gasteiger charge is -2.33. The molecule has 2 aromatic heterocycles. The number of para-hydroxylation sites is 2. The molecule has 232 valence electrons. The largest absolute Gasteiger partial charge is 0.456 e. The molecule has 0 spiro atoms. The smallest absolute Gasteiger partial charge is 0.136 e. The highest BCUT2D eigenvalue weighted by molar-refractivity contribution is 6.17. The highest BCUT2D eigenvalue weighted by Gasteiger charge is 2.24. The molecule has 0 aliphatic heterocycles. The molecular weight excluding hydrogens is 590 g/mol. The monoisotopic (exact) mass is 623 g/mol. The highest BCUT2D eigenvalue weighted by atomic mass is 16.3. The van der Waals surface area contributed by atoms with Gasteiger partial charge in [-0.15, -0.1) is 0 Å². The lowest BCUT2D eigenvalue weighted by Crippen LogP contribution is -2.36. The van der Waals surface area contributed by atoms with Crippen molar-refractivity contribution in [1.82, 2.24) is 14.8 Å². The molecule has 2 atom stereocenters. The molecule has 6 aromatic carbocycles. The van der Waals surface area contributed by atoms with Crippen molar-refractivity contribution < 1.29 is 4.42 Å². The minimum Gasteiger partial charge on any atom is -0.456 e. The first kappa shape index (κ1) is 29.4. The Hall–Kier alpha value is -6.00. The van der Waals surface area contributed by atoms with Crippen molar-refractivity contribution in [3.8, 4) is 11.8 Å². The van der Waals surface area contributed by atoms with Crippen molar-refractivity contribution in [2.75, 3.05) is 14.1 Å². The highest BCUT2D eigenvalue weighted by Crippen LogP contribution is 2.38. The summed E-state index contributed by atoms with van der Waals surface area (Å²) in [6, 6.07) is 50.0. The Kier molecular flexibility index (Phi) is 7.54. The van der Waals surface area contributed by atoms with Gasteiger partial charge < -0.3 is 14.3 Å². The quantitative estimate of drug-likeness (QED) is 0.135. The third-order valence-corrected chi connectivity index (χ3v) is 9.18. The first-order valence-corrected chi connectivity index (χ1v) is 16.1. The van der Waals surface area contributed by atoms with E-state index in [0.717, 1.165) is 60.7 Å². The average Bonchev–Trinajstić information content (AvgIpc) is 3.66. The van der Waals surface area contributed by atoms with Gasteiger partial charge in [0.2, 0.25) is 0 Å². The maximum Gasteiger partial charge on any atom is 0.136 e. The molecule has 6 heteroatoms. The predicted molar refractivity (Wildman–Crippen MR) is 196 cm³/mol. The summed E-state index contributed by atoms with van der Waals surface area (Å²) < 4.78 is 8.58. The Morgan fingerprint density at radius 3 is 2.23 bits per heavy atom. The van der Waals surface area contributed by atoms with E-state index in [1.165, 1.54) is 5.39 Å². The molecule has 0 fully saturated rings. The van der Waals surface area contributed by atoms with Gasteiger partial charge in [0, 0.05) is 33.4 Å². The van der Waals surface area contributed by atoms with E-state index in [4.69, 9.17) is 9.41 Å². The standard InChI is InChI=1S/C42H33N5O/c1-44-41(30-12-4-3-5-13-30)46(2)42(31-14-10-11-29(23-31)26-43)45-27-28-19-21-32(22-20-28)47-37-17-8-6-15-33(37)35-25-40-36(24-38(35)47)34-16-7-9-18-39(34)48-40/h3-25,27,41-42,44H,1-2H3. The normalized spacial score (nSPS) is 13.2. The van der Waals surface area contributed by atoms with Crippen LogP contribution in [0.3, 0.4) is 0 Å². The Labute approximate surface area is 278 Å². The Morgan fingerprint density at radius 2 is 1.44 bits per heavy atom. The number of hydrogen-bond donors (Lipinski definition) is 1. The summed E-state index contributed by atoms with van der Waals surface area (Å²) >= 11 is 0. The topological polar surface area (TPSA) is 69.5 Å².